The third-order valence-corrected chi connectivity index (χ3v) is 6.06. The van der Waals surface area contributed by atoms with Crippen molar-refractivity contribution in [3.63, 3.8) is 0 Å². The van der Waals surface area contributed by atoms with Crippen LogP contribution in [0.1, 0.15) is 12.8 Å². The fourth-order valence-electron chi connectivity index (χ4n) is 2.80. The molecule has 1 fully saturated rings. The Balaban J connectivity index is 1.94. The molecule has 2 aromatic rings. The molecule has 0 radical (unpaired) electrons. The van der Waals surface area contributed by atoms with Crippen molar-refractivity contribution in [2.75, 3.05) is 25.4 Å². The zero-order chi connectivity index (χ0) is 15.0. The molecule has 2 heterocycles. The topological polar surface area (TPSA) is 99.4 Å². The second-order valence-corrected chi connectivity index (χ2v) is 7.39. The Kier molecular flexibility index (Phi) is 3.64. The summed E-state index contributed by atoms with van der Waals surface area (Å²) in [7, 11) is -3.51. The number of piperidine rings is 1. The first-order chi connectivity index (χ1) is 10.0. The number of fused-ring (bicyclic) bond motifs is 1. The number of nitrogens with two attached hydrogens (primary N) is 1. The largest absolute Gasteiger partial charge is 0.399 e. The number of sulfonamides is 1. The molecule has 0 aliphatic carbocycles. The minimum absolute atomic E-state index is 0.125. The van der Waals surface area contributed by atoms with E-state index in [0.29, 0.717) is 41.9 Å². The van der Waals surface area contributed by atoms with E-state index < -0.39 is 10.0 Å². The van der Waals surface area contributed by atoms with Gasteiger partial charge in [-0.15, -0.1) is 0 Å². The molecule has 4 N–H and O–H groups in total. The van der Waals surface area contributed by atoms with E-state index in [9.17, 15) is 8.42 Å². The minimum Gasteiger partial charge on any atom is -0.399 e. The third kappa shape index (κ3) is 2.52. The third-order valence-electron chi connectivity index (χ3n) is 4.12. The Morgan fingerprint density at radius 1 is 1.33 bits per heavy atom. The second-order valence-electron chi connectivity index (χ2n) is 5.49. The molecule has 0 saturated carbocycles. The molecular formula is C14H19N3O3S. The number of benzene rings is 1. The van der Waals surface area contributed by atoms with Crippen LogP contribution >= 0.6 is 0 Å². The molecule has 0 amide bonds. The van der Waals surface area contributed by atoms with Gasteiger partial charge in [0, 0.05) is 42.5 Å². The fraction of sp³-hybridized carbons (Fsp3) is 0.429. The number of nitrogen functional groups attached to an aromatic ring is 1. The maximum atomic E-state index is 12.8. The number of H-pyrrole nitrogens is 1. The van der Waals surface area contributed by atoms with Crippen molar-refractivity contribution in [1.29, 1.82) is 0 Å². The molecule has 3 rings (SSSR count). The first-order valence-electron chi connectivity index (χ1n) is 7.00. The summed E-state index contributed by atoms with van der Waals surface area (Å²) < 4.78 is 27.0. The van der Waals surface area contributed by atoms with Crippen LogP contribution in [-0.4, -0.2) is 42.5 Å². The van der Waals surface area contributed by atoms with E-state index >= 15 is 0 Å². The number of hydrogen-bond donors (Lipinski definition) is 3. The van der Waals surface area contributed by atoms with E-state index in [1.54, 1.807) is 18.2 Å². The summed E-state index contributed by atoms with van der Waals surface area (Å²) in [6, 6.07) is 5.16. The van der Waals surface area contributed by atoms with Crippen LogP contribution in [0.4, 0.5) is 5.69 Å². The van der Waals surface area contributed by atoms with Crippen LogP contribution in [0.25, 0.3) is 10.9 Å². The van der Waals surface area contributed by atoms with Crippen LogP contribution in [0.5, 0.6) is 0 Å². The van der Waals surface area contributed by atoms with Gasteiger partial charge in [0.25, 0.3) is 0 Å². The molecular weight excluding hydrogens is 290 g/mol. The molecule has 0 bridgehead atoms. The molecule has 0 unspecified atom stereocenters. The predicted molar refractivity (Wildman–Crippen MR) is 81.3 cm³/mol. The van der Waals surface area contributed by atoms with E-state index in [4.69, 9.17) is 10.8 Å². The van der Waals surface area contributed by atoms with Gasteiger partial charge in [-0.05, 0) is 37.0 Å². The number of aliphatic hydroxyl groups is 1. The smallest absolute Gasteiger partial charge is 0.245 e. The summed E-state index contributed by atoms with van der Waals surface area (Å²) in [6.45, 7) is 1.03. The lowest BCUT2D eigenvalue weighted by molar-refractivity contribution is 0.170. The molecule has 0 atom stereocenters. The molecule has 21 heavy (non-hydrogen) atoms. The van der Waals surface area contributed by atoms with E-state index in [0.717, 1.165) is 5.52 Å². The number of rotatable bonds is 3. The summed E-state index contributed by atoms with van der Waals surface area (Å²) in [4.78, 5) is 3.26. The fourth-order valence-corrected chi connectivity index (χ4v) is 4.44. The number of aliphatic hydroxyl groups excluding tert-OH is 1. The molecule has 1 aliphatic rings. The maximum Gasteiger partial charge on any atom is 0.245 e. The Bertz CT molecular complexity index is 746. The Hall–Kier alpha value is -1.57. The molecule has 1 aliphatic heterocycles. The van der Waals surface area contributed by atoms with Crippen molar-refractivity contribution >= 4 is 26.6 Å². The van der Waals surface area contributed by atoms with Crippen molar-refractivity contribution in [3.05, 3.63) is 24.4 Å². The number of nitrogens with one attached hydrogen (secondary N) is 1. The zero-order valence-electron chi connectivity index (χ0n) is 11.6. The first kappa shape index (κ1) is 14.4. The molecule has 1 aromatic heterocycles. The van der Waals surface area contributed by atoms with Crippen molar-refractivity contribution in [2.24, 2.45) is 5.92 Å². The Morgan fingerprint density at radius 3 is 2.71 bits per heavy atom. The maximum absolute atomic E-state index is 12.8. The number of hydrogen-bond acceptors (Lipinski definition) is 4. The average Bonchev–Trinajstić information content (AvgIpc) is 2.91. The minimum atomic E-state index is -3.51. The van der Waals surface area contributed by atoms with Gasteiger partial charge in [-0.1, -0.05) is 0 Å². The van der Waals surface area contributed by atoms with Crippen LogP contribution in [-0.2, 0) is 10.0 Å². The van der Waals surface area contributed by atoms with Crippen LogP contribution in [0.2, 0.25) is 0 Å². The van der Waals surface area contributed by atoms with Crippen molar-refractivity contribution in [3.8, 4) is 0 Å². The number of aromatic nitrogens is 1. The van der Waals surface area contributed by atoms with Crippen molar-refractivity contribution in [1.82, 2.24) is 9.29 Å². The highest BCUT2D eigenvalue weighted by molar-refractivity contribution is 7.89. The van der Waals surface area contributed by atoms with Crippen LogP contribution in [0.15, 0.2) is 29.3 Å². The van der Waals surface area contributed by atoms with Crippen molar-refractivity contribution < 1.29 is 13.5 Å². The number of aromatic amines is 1. The quantitative estimate of drug-likeness (QED) is 0.740. The molecule has 7 heteroatoms. The predicted octanol–water partition coefficient (Wildman–Crippen LogP) is 1.14. The van der Waals surface area contributed by atoms with E-state index in [1.807, 2.05) is 0 Å². The number of anilines is 1. The molecule has 1 saturated heterocycles. The van der Waals surface area contributed by atoms with Gasteiger partial charge < -0.3 is 15.8 Å². The van der Waals surface area contributed by atoms with E-state index in [2.05, 4.69) is 4.98 Å². The Labute approximate surface area is 123 Å². The van der Waals surface area contributed by atoms with Gasteiger partial charge in [0.2, 0.25) is 10.0 Å². The van der Waals surface area contributed by atoms with Gasteiger partial charge in [0.15, 0.2) is 0 Å². The highest BCUT2D eigenvalue weighted by Crippen LogP contribution is 2.29. The standard InChI is InChI=1S/C14H19N3O3S/c15-11-1-2-12-13(7-11)16-8-14(12)21(19,20)17-5-3-10(9-18)4-6-17/h1-2,7-8,10,16,18H,3-6,9,15H2. The normalized spacial score (nSPS) is 18.3. The lowest BCUT2D eigenvalue weighted by Gasteiger charge is -2.30. The van der Waals surface area contributed by atoms with E-state index in [1.165, 1.54) is 10.5 Å². The first-order valence-corrected chi connectivity index (χ1v) is 8.44. The lowest BCUT2D eigenvalue weighted by atomic mass is 10.00. The summed E-state index contributed by atoms with van der Waals surface area (Å²) in [5.41, 5.74) is 7.03. The van der Waals surface area contributed by atoms with Gasteiger partial charge >= 0.3 is 0 Å². The van der Waals surface area contributed by atoms with Crippen LogP contribution in [0.3, 0.4) is 0 Å². The highest BCUT2D eigenvalue weighted by atomic mass is 32.2. The SMILES string of the molecule is Nc1ccc2c(S(=O)(=O)N3CCC(CO)CC3)c[nH]c2c1. The second kappa shape index (κ2) is 5.32. The van der Waals surface area contributed by atoms with Gasteiger partial charge in [0.1, 0.15) is 4.90 Å². The summed E-state index contributed by atoms with van der Waals surface area (Å²) in [5, 5.41) is 9.81. The van der Waals surface area contributed by atoms with Gasteiger partial charge in [-0.3, -0.25) is 0 Å². The van der Waals surface area contributed by atoms with Gasteiger partial charge in [0.05, 0.1) is 0 Å². The van der Waals surface area contributed by atoms with Crippen LogP contribution < -0.4 is 5.73 Å². The highest BCUT2D eigenvalue weighted by Gasteiger charge is 2.30. The van der Waals surface area contributed by atoms with Gasteiger partial charge in [-0.2, -0.15) is 4.31 Å². The Morgan fingerprint density at radius 2 is 2.05 bits per heavy atom. The van der Waals surface area contributed by atoms with Gasteiger partial charge in [-0.25, -0.2) is 8.42 Å². The monoisotopic (exact) mass is 309 g/mol. The lowest BCUT2D eigenvalue weighted by Crippen LogP contribution is -2.39. The molecule has 6 nitrogen and oxygen atoms in total. The van der Waals surface area contributed by atoms with Crippen molar-refractivity contribution in [2.45, 2.75) is 17.7 Å². The molecule has 0 spiro atoms. The zero-order valence-corrected chi connectivity index (χ0v) is 12.4. The molecule has 1 aromatic carbocycles. The average molecular weight is 309 g/mol. The summed E-state index contributed by atoms with van der Waals surface area (Å²) in [5.74, 6) is 0.208. The summed E-state index contributed by atoms with van der Waals surface area (Å²) in [6.07, 6.45) is 2.92. The van der Waals surface area contributed by atoms with E-state index in [-0.39, 0.29) is 12.5 Å². The molecule has 114 valence electrons. The summed E-state index contributed by atoms with van der Waals surface area (Å²) >= 11 is 0. The number of nitrogens with zero attached hydrogens (tertiary/aromatic N) is 1. The van der Waals surface area contributed by atoms with Crippen LogP contribution in [0, 0.1) is 5.92 Å².